The summed E-state index contributed by atoms with van der Waals surface area (Å²) in [7, 11) is 0. The Balaban J connectivity index is 1.85. The van der Waals surface area contributed by atoms with Gasteiger partial charge in [0.05, 0.1) is 11.3 Å². The molecule has 31 heavy (non-hydrogen) atoms. The van der Waals surface area contributed by atoms with Gasteiger partial charge in [-0.3, -0.25) is 14.5 Å². The fourth-order valence-electron chi connectivity index (χ4n) is 2.86. The molecule has 0 aliphatic carbocycles. The molecular weight excluding hydrogens is 474 g/mol. The SMILES string of the molecule is CCN1C(=O)CC(C(=O)Nc2cc(Cl)cc(Cl)c2)SC1=Nc1cccc(C(F)(F)F)c1. The molecule has 2 aromatic carbocycles. The zero-order valence-electron chi connectivity index (χ0n) is 16.0. The van der Waals surface area contributed by atoms with E-state index < -0.39 is 22.9 Å². The van der Waals surface area contributed by atoms with Crippen LogP contribution in [0, 0.1) is 0 Å². The second kappa shape index (κ2) is 9.50. The van der Waals surface area contributed by atoms with Crippen LogP contribution in [0.15, 0.2) is 47.5 Å². The van der Waals surface area contributed by atoms with Crippen molar-refractivity contribution >= 4 is 63.3 Å². The summed E-state index contributed by atoms with van der Waals surface area (Å²) in [4.78, 5) is 30.8. The van der Waals surface area contributed by atoms with Gasteiger partial charge in [-0.25, -0.2) is 4.99 Å². The van der Waals surface area contributed by atoms with E-state index in [1.165, 1.54) is 35.2 Å². The van der Waals surface area contributed by atoms with Gasteiger partial charge in [0.2, 0.25) is 11.8 Å². The number of halogens is 5. The molecule has 2 amide bonds. The van der Waals surface area contributed by atoms with Crippen molar-refractivity contribution in [3.05, 3.63) is 58.1 Å². The minimum absolute atomic E-state index is 0.0336. The van der Waals surface area contributed by atoms with Gasteiger partial charge in [-0.2, -0.15) is 13.2 Å². The van der Waals surface area contributed by atoms with Gasteiger partial charge in [0.25, 0.3) is 0 Å². The third kappa shape index (κ3) is 5.93. The van der Waals surface area contributed by atoms with E-state index >= 15 is 0 Å². The van der Waals surface area contributed by atoms with Crippen molar-refractivity contribution in [2.24, 2.45) is 4.99 Å². The molecule has 0 aromatic heterocycles. The molecule has 1 N–H and O–H groups in total. The van der Waals surface area contributed by atoms with Crippen LogP contribution in [0.5, 0.6) is 0 Å². The van der Waals surface area contributed by atoms with Crippen LogP contribution in [0.3, 0.4) is 0 Å². The Kier molecular flexibility index (Phi) is 7.18. The standard InChI is InChI=1S/C20H16Cl2F3N3O2S/c1-2-28-17(29)10-16(18(30)26-15-8-12(21)7-13(22)9-15)31-19(28)27-14-5-3-4-11(6-14)20(23,24)25/h3-9,16H,2,10H2,1H3,(H,26,30). The molecule has 1 fully saturated rings. The highest BCUT2D eigenvalue weighted by Gasteiger charge is 2.35. The summed E-state index contributed by atoms with van der Waals surface area (Å²) in [5.41, 5.74) is -0.451. The highest BCUT2D eigenvalue weighted by molar-refractivity contribution is 8.15. The fourth-order valence-corrected chi connectivity index (χ4v) is 4.55. The number of nitrogens with one attached hydrogen (secondary N) is 1. The number of nitrogens with zero attached hydrogens (tertiary/aromatic N) is 2. The quantitative estimate of drug-likeness (QED) is 0.573. The number of thioether (sulfide) groups is 1. The topological polar surface area (TPSA) is 61.8 Å². The highest BCUT2D eigenvalue weighted by Crippen LogP contribution is 2.34. The lowest BCUT2D eigenvalue weighted by molar-refractivity contribution is -0.137. The third-order valence-corrected chi connectivity index (χ3v) is 5.90. The molecule has 164 valence electrons. The van der Waals surface area contributed by atoms with E-state index in [2.05, 4.69) is 10.3 Å². The van der Waals surface area contributed by atoms with Gasteiger partial charge in [0.1, 0.15) is 5.25 Å². The van der Waals surface area contributed by atoms with Gasteiger partial charge in [-0.15, -0.1) is 0 Å². The second-order valence-corrected chi connectivity index (χ2v) is 8.58. The van der Waals surface area contributed by atoms with Crippen LogP contribution < -0.4 is 5.32 Å². The lowest BCUT2D eigenvalue weighted by Crippen LogP contribution is -2.45. The Morgan fingerprint density at radius 1 is 1.23 bits per heavy atom. The number of carbonyl (C=O) groups is 2. The van der Waals surface area contributed by atoms with Crippen molar-refractivity contribution in [1.29, 1.82) is 0 Å². The van der Waals surface area contributed by atoms with Crippen molar-refractivity contribution in [2.75, 3.05) is 11.9 Å². The average Bonchev–Trinajstić information content (AvgIpc) is 2.66. The molecule has 0 radical (unpaired) electrons. The smallest absolute Gasteiger partial charge is 0.325 e. The number of amidine groups is 1. The maximum Gasteiger partial charge on any atom is 0.416 e. The predicted molar refractivity (Wildman–Crippen MR) is 117 cm³/mol. The van der Waals surface area contributed by atoms with Crippen molar-refractivity contribution in [2.45, 2.75) is 24.8 Å². The molecule has 1 saturated heterocycles. The maximum atomic E-state index is 13.0. The van der Waals surface area contributed by atoms with E-state index in [4.69, 9.17) is 23.2 Å². The zero-order valence-corrected chi connectivity index (χ0v) is 18.4. The third-order valence-electron chi connectivity index (χ3n) is 4.28. The number of carbonyl (C=O) groups excluding carboxylic acids is 2. The minimum Gasteiger partial charge on any atom is -0.325 e. The van der Waals surface area contributed by atoms with E-state index in [0.29, 0.717) is 15.7 Å². The molecule has 0 bridgehead atoms. The van der Waals surface area contributed by atoms with E-state index in [-0.39, 0.29) is 29.7 Å². The van der Waals surface area contributed by atoms with Crippen LogP contribution >= 0.6 is 35.0 Å². The van der Waals surface area contributed by atoms with Crippen LogP contribution in [-0.4, -0.2) is 33.7 Å². The number of hydrogen-bond donors (Lipinski definition) is 1. The number of benzene rings is 2. The fraction of sp³-hybridized carbons (Fsp3) is 0.250. The number of rotatable bonds is 4. The maximum absolute atomic E-state index is 13.0. The first-order valence-electron chi connectivity index (χ1n) is 9.06. The zero-order chi connectivity index (χ0) is 22.8. The Labute approximate surface area is 190 Å². The van der Waals surface area contributed by atoms with Crippen LogP contribution in [-0.2, 0) is 15.8 Å². The summed E-state index contributed by atoms with van der Waals surface area (Å²) in [6.45, 7) is 1.98. The molecule has 3 rings (SSSR count). The van der Waals surface area contributed by atoms with Gasteiger partial charge in [-0.05, 0) is 43.3 Å². The van der Waals surface area contributed by atoms with Crippen molar-refractivity contribution in [1.82, 2.24) is 4.90 Å². The Hall–Kier alpha value is -2.23. The first kappa shape index (κ1) is 23.4. The summed E-state index contributed by atoms with van der Waals surface area (Å²) < 4.78 is 39.0. The summed E-state index contributed by atoms with van der Waals surface area (Å²) in [6.07, 6.45) is -4.60. The molecule has 1 heterocycles. The van der Waals surface area contributed by atoms with Gasteiger partial charge in [-0.1, -0.05) is 41.0 Å². The van der Waals surface area contributed by atoms with E-state index in [9.17, 15) is 22.8 Å². The summed E-state index contributed by atoms with van der Waals surface area (Å²) in [5, 5.41) is 2.66. The highest BCUT2D eigenvalue weighted by atomic mass is 35.5. The molecule has 1 unspecified atom stereocenters. The molecule has 1 aliphatic heterocycles. The first-order valence-corrected chi connectivity index (χ1v) is 10.7. The number of alkyl halides is 3. The number of anilines is 1. The molecule has 0 spiro atoms. The van der Waals surface area contributed by atoms with Gasteiger partial charge < -0.3 is 5.32 Å². The summed E-state index contributed by atoms with van der Waals surface area (Å²) in [5.74, 6) is -0.819. The predicted octanol–water partition coefficient (Wildman–Crippen LogP) is 5.99. The van der Waals surface area contributed by atoms with Crippen LogP contribution in [0.4, 0.5) is 24.5 Å². The second-order valence-electron chi connectivity index (χ2n) is 6.54. The average molecular weight is 490 g/mol. The van der Waals surface area contributed by atoms with Gasteiger partial charge in [0, 0.05) is 28.7 Å². The van der Waals surface area contributed by atoms with Crippen molar-refractivity contribution in [3.63, 3.8) is 0 Å². The molecule has 5 nitrogen and oxygen atoms in total. The molecule has 0 saturated carbocycles. The Morgan fingerprint density at radius 2 is 1.90 bits per heavy atom. The van der Waals surface area contributed by atoms with Crippen LogP contribution in [0.2, 0.25) is 10.0 Å². The molecular formula is C20H16Cl2F3N3O2S. The van der Waals surface area contributed by atoms with E-state index in [1.54, 1.807) is 6.92 Å². The molecule has 11 heteroatoms. The molecule has 2 aromatic rings. The van der Waals surface area contributed by atoms with Crippen LogP contribution in [0.1, 0.15) is 18.9 Å². The molecule has 1 aliphatic rings. The minimum atomic E-state index is -4.52. The van der Waals surface area contributed by atoms with E-state index in [1.807, 2.05) is 0 Å². The first-order chi connectivity index (χ1) is 14.6. The lowest BCUT2D eigenvalue weighted by atomic mass is 10.2. The van der Waals surface area contributed by atoms with Gasteiger partial charge in [0.15, 0.2) is 5.17 Å². The lowest BCUT2D eigenvalue weighted by Gasteiger charge is -2.31. The largest absolute Gasteiger partial charge is 0.416 e. The summed E-state index contributed by atoms with van der Waals surface area (Å²) >= 11 is 12.9. The van der Waals surface area contributed by atoms with Crippen LogP contribution in [0.25, 0.3) is 0 Å². The number of amides is 2. The Bertz CT molecular complexity index is 1030. The number of hydrogen-bond acceptors (Lipinski definition) is 4. The van der Waals surface area contributed by atoms with Crippen molar-refractivity contribution in [3.8, 4) is 0 Å². The Morgan fingerprint density at radius 3 is 2.52 bits per heavy atom. The van der Waals surface area contributed by atoms with Gasteiger partial charge >= 0.3 is 6.18 Å². The van der Waals surface area contributed by atoms with Crippen molar-refractivity contribution < 1.29 is 22.8 Å². The molecule has 1 atom stereocenters. The normalized spacial score (nSPS) is 18.4. The number of aliphatic imine (C=N–C) groups is 1. The monoisotopic (exact) mass is 489 g/mol. The summed E-state index contributed by atoms with van der Waals surface area (Å²) in [6, 6.07) is 9.00. The van der Waals surface area contributed by atoms with E-state index in [0.717, 1.165) is 23.9 Å².